The van der Waals surface area contributed by atoms with Crippen molar-refractivity contribution in [1.29, 1.82) is 0 Å². The Morgan fingerprint density at radius 2 is 2.33 bits per heavy atom. The number of likely N-dealkylation sites (tertiary alicyclic amines) is 1. The molecule has 124 valence electrons. The lowest BCUT2D eigenvalue weighted by atomic mass is 9.98. The molecule has 0 saturated carbocycles. The van der Waals surface area contributed by atoms with E-state index >= 15 is 0 Å². The average molecular weight is 342 g/mol. The van der Waals surface area contributed by atoms with Crippen LogP contribution in [0.5, 0.6) is 5.75 Å². The Bertz CT molecular complexity index is 969. The van der Waals surface area contributed by atoms with E-state index in [-0.39, 0.29) is 11.7 Å². The monoisotopic (exact) mass is 342 g/mol. The molecule has 1 atom stereocenters. The zero-order valence-corrected chi connectivity index (χ0v) is 14.2. The van der Waals surface area contributed by atoms with Crippen LogP contribution in [0.1, 0.15) is 24.6 Å². The maximum Gasteiger partial charge on any atom is 0.266 e. The first-order valence-corrected chi connectivity index (χ1v) is 9.11. The normalized spacial score (nSPS) is 20.1. The number of hydrogen-bond acceptors (Lipinski definition) is 5. The lowest BCUT2D eigenvalue weighted by Gasteiger charge is -2.32. The Balaban J connectivity index is 1.76. The molecule has 0 unspecified atom stereocenters. The number of pyridine rings is 1. The molecule has 24 heavy (non-hydrogen) atoms. The van der Waals surface area contributed by atoms with E-state index in [1.54, 1.807) is 6.20 Å². The number of hydrogen-bond donors (Lipinski definition) is 2. The van der Waals surface area contributed by atoms with Crippen molar-refractivity contribution in [1.82, 2.24) is 20.1 Å². The number of H-pyrrole nitrogens is 2. The number of rotatable bonds is 3. The fourth-order valence-corrected chi connectivity index (χ4v) is 4.74. The number of nitrogens with one attached hydrogen (secondary N) is 2. The Morgan fingerprint density at radius 1 is 1.46 bits per heavy atom. The summed E-state index contributed by atoms with van der Waals surface area (Å²) in [6.45, 7) is 5.14. The van der Waals surface area contributed by atoms with Crippen LogP contribution in [-0.4, -0.2) is 39.3 Å². The summed E-state index contributed by atoms with van der Waals surface area (Å²) < 4.78 is 6.92. The van der Waals surface area contributed by atoms with E-state index in [2.05, 4.69) is 27.0 Å². The first-order valence-electron chi connectivity index (χ1n) is 8.29. The minimum absolute atomic E-state index is 0.0107. The van der Waals surface area contributed by atoms with Crippen molar-refractivity contribution in [3.63, 3.8) is 0 Å². The average Bonchev–Trinajstić information content (AvgIpc) is 3.15. The van der Waals surface area contributed by atoms with Crippen molar-refractivity contribution in [3.05, 3.63) is 34.0 Å². The van der Waals surface area contributed by atoms with Gasteiger partial charge in [-0.2, -0.15) is 5.10 Å². The molecule has 0 radical (unpaired) electrons. The maximum absolute atomic E-state index is 12.7. The second-order valence-corrected chi connectivity index (χ2v) is 7.65. The third-order valence-corrected chi connectivity index (χ3v) is 6.12. The predicted molar refractivity (Wildman–Crippen MR) is 93.7 cm³/mol. The van der Waals surface area contributed by atoms with Gasteiger partial charge in [0.25, 0.3) is 5.56 Å². The number of aromatic amines is 2. The largest absolute Gasteiger partial charge is 0.488 e. The SMILES string of the molecule is C[C@H]1Cc2c(CN3CCC3)[nH]c(=O)c3sc(-c4cn[nH]c4)c(c23)O1. The molecular formula is C17H18N4O2S. The van der Waals surface area contributed by atoms with E-state index in [4.69, 9.17) is 4.74 Å². The summed E-state index contributed by atoms with van der Waals surface area (Å²) in [4.78, 5) is 19.2. The van der Waals surface area contributed by atoms with E-state index in [0.29, 0.717) is 0 Å². The van der Waals surface area contributed by atoms with Crippen LogP contribution in [-0.2, 0) is 13.0 Å². The zero-order valence-electron chi connectivity index (χ0n) is 13.4. The van der Waals surface area contributed by atoms with Gasteiger partial charge in [0.05, 0.1) is 11.1 Å². The molecule has 2 aliphatic rings. The number of aromatic nitrogens is 3. The van der Waals surface area contributed by atoms with E-state index < -0.39 is 0 Å². The number of thiophene rings is 1. The molecule has 0 spiro atoms. The molecule has 0 amide bonds. The molecule has 3 aromatic heterocycles. The Kier molecular flexibility index (Phi) is 3.08. The molecule has 6 nitrogen and oxygen atoms in total. The van der Waals surface area contributed by atoms with E-state index in [0.717, 1.165) is 58.0 Å². The topological polar surface area (TPSA) is 74.0 Å². The smallest absolute Gasteiger partial charge is 0.266 e. The molecule has 0 aliphatic carbocycles. The minimum Gasteiger partial charge on any atom is -0.488 e. The first kappa shape index (κ1) is 14.2. The summed E-state index contributed by atoms with van der Waals surface area (Å²) in [6, 6.07) is 0. The fourth-order valence-electron chi connectivity index (χ4n) is 3.60. The van der Waals surface area contributed by atoms with Gasteiger partial charge in [0.2, 0.25) is 0 Å². The zero-order chi connectivity index (χ0) is 16.3. The Hall–Kier alpha value is -2.12. The van der Waals surface area contributed by atoms with Gasteiger partial charge in [-0.3, -0.25) is 14.8 Å². The van der Waals surface area contributed by atoms with Crippen LogP contribution in [0.15, 0.2) is 17.2 Å². The van der Waals surface area contributed by atoms with Crippen LogP contribution < -0.4 is 10.3 Å². The highest BCUT2D eigenvalue weighted by Crippen LogP contribution is 2.47. The van der Waals surface area contributed by atoms with Crippen molar-refractivity contribution in [3.8, 4) is 16.2 Å². The predicted octanol–water partition coefficient (Wildman–Crippen LogP) is 2.51. The number of ether oxygens (including phenoxy) is 1. The molecular weight excluding hydrogens is 324 g/mol. The van der Waals surface area contributed by atoms with Gasteiger partial charge in [0.1, 0.15) is 16.6 Å². The fraction of sp³-hybridized carbons (Fsp3) is 0.412. The first-order chi connectivity index (χ1) is 11.7. The van der Waals surface area contributed by atoms with Gasteiger partial charge in [-0.15, -0.1) is 11.3 Å². The summed E-state index contributed by atoms with van der Waals surface area (Å²) >= 11 is 1.49. The van der Waals surface area contributed by atoms with Gasteiger partial charge in [0, 0.05) is 35.8 Å². The second-order valence-electron chi connectivity index (χ2n) is 6.62. The van der Waals surface area contributed by atoms with E-state index in [9.17, 15) is 4.79 Å². The Morgan fingerprint density at radius 3 is 3.04 bits per heavy atom. The minimum atomic E-state index is -0.0107. The van der Waals surface area contributed by atoms with Crippen LogP contribution in [0, 0.1) is 0 Å². The van der Waals surface area contributed by atoms with Crippen molar-refractivity contribution < 1.29 is 4.74 Å². The molecule has 1 fully saturated rings. The molecule has 5 rings (SSSR count). The lowest BCUT2D eigenvalue weighted by molar-refractivity contribution is 0.168. The van der Waals surface area contributed by atoms with Gasteiger partial charge < -0.3 is 9.72 Å². The van der Waals surface area contributed by atoms with Gasteiger partial charge in [-0.05, 0) is 32.0 Å². The summed E-state index contributed by atoms with van der Waals surface area (Å²) in [5.41, 5.74) is 3.26. The molecule has 1 saturated heterocycles. The highest BCUT2D eigenvalue weighted by molar-refractivity contribution is 7.22. The highest BCUT2D eigenvalue weighted by Gasteiger charge is 2.30. The van der Waals surface area contributed by atoms with Crippen LogP contribution in [0.25, 0.3) is 20.5 Å². The van der Waals surface area contributed by atoms with E-state index in [1.165, 1.54) is 23.3 Å². The molecule has 0 aromatic carbocycles. The summed E-state index contributed by atoms with van der Waals surface area (Å²) in [7, 11) is 0. The van der Waals surface area contributed by atoms with Gasteiger partial charge in [0.15, 0.2) is 0 Å². The summed E-state index contributed by atoms with van der Waals surface area (Å²) in [6.07, 6.45) is 5.81. The maximum atomic E-state index is 12.7. The molecule has 0 bridgehead atoms. The van der Waals surface area contributed by atoms with Crippen molar-refractivity contribution >= 4 is 21.4 Å². The third kappa shape index (κ3) is 2.04. The standard InChI is InChI=1S/C17H18N4O2S/c1-9-5-11-12(8-21-3-2-4-21)20-17(22)16-13(11)14(23-9)15(24-16)10-6-18-19-7-10/h6-7,9H,2-5,8H2,1H3,(H,18,19)(H,20,22)/t9-/m0/s1. The number of nitrogens with zero attached hydrogens (tertiary/aromatic N) is 2. The van der Waals surface area contributed by atoms with E-state index in [1.807, 2.05) is 6.20 Å². The van der Waals surface area contributed by atoms with Crippen LogP contribution >= 0.6 is 11.3 Å². The lowest BCUT2D eigenvalue weighted by Crippen LogP contribution is -2.37. The van der Waals surface area contributed by atoms with Gasteiger partial charge in [-0.1, -0.05) is 0 Å². The van der Waals surface area contributed by atoms with Crippen molar-refractivity contribution in [2.45, 2.75) is 32.4 Å². The molecule has 7 heteroatoms. The second kappa shape index (κ2) is 5.19. The van der Waals surface area contributed by atoms with Crippen molar-refractivity contribution in [2.24, 2.45) is 0 Å². The van der Waals surface area contributed by atoms with Crippen LogP contribution in [0.4, 0.5) is 0 Å². The van der Waals surface area contributed by atoms with Crippen LogP contribution in [0.2, 0.25) is 0 Å². The van der Waals surface area contributed by atoms with Crippen molar-refractivity contribution in [2.75, 3.05) is 13.1 Å². The Labute approximate surface area is 142 Å². The van der Waals surface area contributed by atoms with Gasteiger partial charge in [-0.25, -0.2) is 0 Å². The highest BCUT2D eigenvalue weighted by atomic mass is 32.1. The molecule has 2 N–H and O–H groups in total. The van der Waals surface area contributed by atoms with Gasteiger partial charge >= 0.3 is 0 Å². The summed E-state index contributed by atoms with van der Waals surface area (Å²) in [5.74, 6) is 0.848. The summed E-state index contributed by atoms with van der Waals surface area (Å²) in [5, 5.41) is 7.89. The molecule has 3 aromatic rings. The molecule has 5 heterocycles. The molecule has 2 aliphatic heterocycles. The van der Waals surface area contributed by atoms with Crippen LogP contribution in [0.3, 0.4) is 0 Å². The third-order valence-electron chi connectivity index (χ3n) is 4.90. The quantitative estimate of drug-likeness (QED) is 0.767.